The molecule has 8 heteroatoms. The van der Waals surface area contributed by atoms with Gasteiger partial charge in [-0.3, -0.25) is 30.1 Å². The number of fused-ring (bicyclic) bond motifs is 1. The van der Waals surface area contributed by atoms with Crippen LogP contribution in [0.15, 0.2) is 48.5 Å². The van der Waals surface area contributed by atoms with Crippen LogP contribution >= 0.6 is 12.2 Å². The number of carbonyl (C=O) groups is 3. The lowest BCUT2D eigenvalue weighted by atomic mass is 10.1. The van der Waals surface area contributed by atoms with Crippen LogP contribution in [0.3, 0.4) is 0 Å². The number of rotatable bonds is 3. The van der Waals surface area contributed by atoms with Gasteiger partial charge in [-0.05, 0) is 62.8 Å². The van der Waals surface area contributed by atoms with Crippen LogP contribution in [0.4, 0.5) is 0 Å². The number of nitrogens with one attached hydrogen (secondary N) is 3. The Balaban J connectivity index is 1.66. The maximum absolute atomic E-state index is 12.5. The van der Waals surface area contributed by atoms with Crippen molar-refractivity contribution in [3.63, 3.8) is 0 Å². The summed E-state index contributed by atoms with van der Waals surface area (Å²) in [5, 5.41) is 3.33. The van der Waals surface area contributed by atoms with Crippen LogP contribution < -0.4 is 16.2 Å². The van der Waals surface area contributed by atoms with Crippen molar-refractivity contribution in [3.05, 3.63) is 70.8 Å². The van der Waals surface area contributed by atoms with Crippen LogP contribution in [0.25, 0.3) is 0 Å². The number of hydrogen-bond acceptors (Lipinski definition) is 4. The van der Waals surface area contributed by atoms with Crippen LogP contribution in [0.1, 0.15) is 57.4 Å². The van der Waals surface area contributed by atoms with Crippen molar-refractivity contribution in [3.8, 4) is 0 Å². The highest BCUT2D eigenvalue weighted by atomic mass is 32.1. The van der Waals surface area contributed by atoms with E-state index < -0.39 is 0 Å². The first kappa shape index (κ1) is 20.5. The van der Waals surface area contributed by atoms with Crippen molar-refractivity contribution < 1.29 is 14.4 Å². The summed E-state index contributed by atoms with van der Waals surface area (Å²) in [6.07, 6.45) is 0. The zero-order valence-corrected chi connectivity index (χ0v) is 17.2. The topological polar surface area (TPSA) is 90.5 Å². The zero-order chi connectivity index (χ0) is 21.2. The van der Waals surface area contributed by atoms with Gasteiger partial charge in [0, 0.05) is 11.1 Å². The summed E-state index contributed by atoms with van der Waals surface area (Å²) in [5.41, 5.74) is 6.80. The molecule has 1 aliphatic rings. The highest BCUT2D eigenvalue weighted by Gasteiger charge is 2.34. The summed E-state index contributed by atoms with van der Waals surface area (Å²) in [4.78, 5) is 38.6. The molecule has 1 aliphatic heterocycles. The summed E-state index contributed by atoms with van der Waals surface area (Å²) >= 11 is 5.13. The van der Waals surface area contributed by atoms with E-state index in [4.69, 9.17) is 12.2 Å². The first-order valence-corrected chi connectivity index (χ1v) is 9.49. The molecule has 0 saturated carbocycles. The molecule has 0 radical (unpaired) electrons. The molecule has 7 nitrogen and oxygen atoms in total. The average Bonchev–Trinajstić information content (AvgIpc) is 2.90. The second kappa shape index (κ2) is 8.00. The highest BCUT2D eigenvalue weighted by Crippen LogP contribution is 2.24. The van der Waals surface area contributed by atoms with Crippen molar-refractivity contribution in [1.82, 2.24) is 21.1 Å². The maximum atomic E-state index is 12.5. The zero-order valence-electron chi connectivity index (χ0n) is 16.4. The fourth-order valence-electron chi connectivity index (χ4n) is 2.93. The molecule has 3 N–H and O–H groups in total. The van der Waals surface area contributed by atoms with E-state index in [0.29, 0.717) is 27.4 Å². The molecule has 0 saturated heterocycles. The van der Waals surface area contributed by atoms with Crippen LogP contribution in [-0.4, -0.2) is 33.3 Å². The molecule has 3 rings (SSSR count). The standard InChI is InChI=1S/C21H22N4O3S/c1-21(2,3)22-20(29)24-23-17(26)14-8-6-7-13(11-14)12-25-18(27)15-9-4-5-10-16(15)19(25)28/h4-11H,12H2,1-3H3,(H,23,26)(H2,22,24,29). The van der Waals surface area contributed by atoms with Crippen LogP contribution in [0.5, 0.6) is 0 Å². The molecular weight excluding hydrogens is 388 g/mol. The number of benzene rings is 2. The van der Waals surface area contributed by atoms with Crippen LogP contribution in [-0.2, 0) is 6.54 Å². The van der Waals surface area contributed by atoms with E-state index >= 15 is 0 Å². The Morgan fingerprint density at radius 2 is 1.59 bits per heavy atom. The number of imide groups is 1. The summed E-state index contributed by atoms with van der Waals surface area (Å²) in [5.74, 6) is -1.05. The summed E-state index contributed by atoms with van der Waals surface area (Å²) in [6, 6.07) is 13.5. The molecule has 0 aromatic heterocycles. The smallest absolute Gasteiger partial charge is 0.269 e. The third-order valence-corrected chi connectivity index (χ3v) is 4.39. The van der Waals surface area contributed by atoms with Crippen molar-refractivity contribution in [2.75, 3.05) is 0 Å². The van der Waals surface area contributed by atoms with Gasteiger partial charge in [-0.25, -0.2) is 0 Å². The first-order valence-electron chi connectivity index (χ1n) is 9.08. The third-order valence-electron chi connectivity index (χ3n) is 4.19. The summed E-state index contributed by atoms with van der Waals surface area (Å²) < 4.78 is 0. The summed E-state index contributed by atoms with van der Waals surface area (Å²) in [6.45, 7) is 5.94. The minimum atomic E-state index is -0.382. The van der Waals surface area contributed by atoms with E-state index in [0.717, 1.165) is 0 Å². The predicted octanol–water partition coefficient (Wildman–Crippen LogP) is 2.39. The van der Waals surface area contributed by atoms with E-state index in [9.17, 15) is 14.4 Å². The molecule has 150 valence electrons. The minimum Gasteiger partial charge on any atom is -0.357 e. The number of thiocarbonyl (C=S) groups is 1. The Kier molecular flexibility index (Phi) is 5.65. The van der Waals surface area contributed by atoms with Gasteiger partial charge in [0.05, 0.1) is 17.7 Å². The predicted molar refractivity (Wildman–Crippen MR) is 113 cm³/mol. The maximum Gasteiger partial charge on any atom is 0.269 e. The highest BCUT2D eigenvalue weighted by molar-refractivity contribution is 7.80. The van der Waals surface area contributed by atoms with Gasteiger partial charge in [-0.2, -0.15) is 0 Å². The molecule has 3 amide bonds. The Bertz CT molecular complexity index is 962. The number of hydrazine groups is 1. The Labute approximate surface area is 174 Å². The van der Waals surface area contributed by atoms with E-state index in [1.165, 1.54) is 4.90 Å². The molecule has 0 fully saturated rings. The quantitative estimate of drug-likeness (QED) is 0.409. The van der Waals surface area contributed by atoms with E-state index in [1.54, 1.807) is 48.5 Å². The minimum absolute atomic E-state index is 0.0882. The molecule has 2 aromatic rings. The van der Waals surface area contributed by atoms with Gasteiger partial charge in [0.15, 0.2) is 5.11 Å². The van der Waals surface area contributed by atoms with Gasteiger partial charge in [-0.15, -0.1) is 0 Å². The second-order valence-electron chi connectivity index (χ2n) is 7.73. The Hall–Kier alpha value is -3.26. The molecule has 0 aliphatic carbocycles. The largest absolute Gasteiger partial charge is 0.357 e. The Morgan fingerprint density at radius 3 is 2.17 bits per heavy atom. The molecule has 0 spiro atoms. The van der Waals surface area contributed by atoms with Crippen molar-refractivity contribution >= 4 is 35.1 Å². The lowest BCUT2D eigenvalue weighted by Crippen LogP contribution is -2.52. The molecule has 0 unspecified atom stereocenters. The molecular formula is C21H22N4O3S. The first-order chi connectivity index (χ1) is 13.7. The van der Waals surface area contributed by atoms with E-state index in [2.05, 4.69) is 16.2 Å². The SMILES string of the molecule is CC(C)(C)NC(=S)NNC(=O)c1cccc(CN2C(=O)c3ccccc3C2=O)c1. The number of nitrogens with zero attached hydrogens (tertiary/aromatic N) is 1. The van der Waals surface area contributed by atoms with Gasteiger partial charge in [0.1, 0.15) is 0 Å². The third kappa shape index (κ3) is 4.78. The molecule has 1 heterocycles. The number of carbonyl (C=O) groups excluding carboxylic acids is 3. The molecule has 0 atom stereocenters. The van der Waals surface area contributed by atoms with Gasteiger partial charge >= 0.3 is 0 Å². The van der Waals surface area contributed by atoms with Crippen molar-refractivity contribution in [2.24, 2.45) is 0 Å². The lowest BCUT2D eigenvalue weighted by molar-refractivity contribution is 0.0642. The lowest BCUT2D eigenvalue weighted by Gasteiger charge is -2.23. The van der Waals surface area contributed by atoms with Gasteiger partial charge < -0.3 is 5.32 Å². The van der Waals surface area contributed by atoms with Crippen LogP contribution in [0.2, 0.25) is 0 Å². The van der Waals surface area contributed by atoms with Gasteiger partial charge in [0.25, 0.3) is 17.7 Å². The fraction of sp³-hybridized carbons (Fsp3) is 0.238. The monoisotopic (exact) mass is 410 g/mol. The van der Waals surface area contributed by atoms with Gasteiger partial charge in [-0.1, -0.05) is 24.3 Å². The average molecular weight is 410 g/mol. The van der Waals surface area contributed by atoms with Crippen molar-refractivity contribution in [1.29, 1.82) is 0 Å². The van der Waals surface area contributed by atoms with E-state index in [1.807, 2.05) is 20.8 Å². The molecule has 29 heavy (non-hydrogen) atoms. The fourth-order valence-corrected chi connectivity index (χ4v) is 3.29. The summed E-state index contributed by atoms with van der Waals surface area (Å²) in [7, 11) is 0. The normalized spacial score (nSPS) is 13.1. The van der Waals surface area contributed by atoms with Gasteiger partial charge in [0.2, 0.25) is 0 Å². The van der Waals surface area contributed by atoms with Crippen molar-refractivity contribution in [2.45, 2.75) is 32.9 Å². The molecule has 2 aromatic carbocycles. The Morgan fingerprint density at radius 1 is 0.966 bits per heavy atom. The second-order valence-corrected chi connectivity index (χ2v) is 8.13. The van der Waals surface area contributed by atoms with Crippen LogP contribution in [0, 0.1) is 0 Å². The number of amides is 3. The van der Waals surface area contributed by atoms with E-state index in [-0.39, 0.29) is 29.8 Å². The number of hydrogen-bond donors (Lipinski definition) is 3. The molecule has 0 bridgehead atoms.